The molecule has 29 heavy (non-hydrogen) atoms. The molecule has 158 valence electrons. The lowest BCUT2D eigenvalue weighted by molar-refractivity contribution is -0.116. The summed E-state index contributed by atoms with van der Waals surface area (Å²) in [6.45, 7) is 8.69. The molecule has 2 aromatic rings. The minimum atomic E-state index is -0.624. The summed E-state index contributed by atoms with van der Waals surface area (Å²) in [5.74, 6) is 0.0184. The molecule has 0 atom stereocenters. The summed E-state index contributed by atoms with van der Waals surface area (Å²) in [4.78, 5) is 42.5. The van der Waals surface area contributed by atoms with E-state index < -0.39 is 11.2 Å². The van der Waals surface area contributed by atoms with Crippen LogP contribution < -0.4 is 21.9 Å². The summed E-state index contributed by atoms with van der Waals surface area (Å²) in [7, 11) is 0. The Kier molecular flexibility index (Phi) is 8.13. The summed E-state index contributed by atoms with van der Waals surface area (Å²) in [5.41, 5.74) is 7.29. The number of aromatic nitrogens is 2. The van der Waals surface area contributed by atoms with Gasteiger partial charge in [0, 0.05) is 18.0 Å². The Labute approximate surface area is 175 Å². The predicted octanol–water partition coefficient (Wildman–Crippen LogP) is 3.07. The van der Waals surface area contributed by atoms with E-state index in [9.17, 15) is 14.4 Å². The Hall–Kier alpha value is -2.48. The number of carbonyl (C=O) groups is 1. The first kappa shape index (κ1) is 22.8. The SMILES string of the molecule is CCCCN(C(=O)CSc1cc(C)ccc1C)c1c(N)n(CCC)c(=O)[nH]c1=O. The van der Waals surface area contributed by atoms with E-state index in [0.717, 1.165) is 28.9 Å². The van der Waals surface area contributed by atoms with Crippen LogP contribution in [0.25, 0.3) is 0 Å². The fraction of sp³-hybridized carbons (Fsp3) is 0.476. The van der Waals surface area contributed by atoms with Crippen LogP contribution >= 0.6 is 11.8 Å². The predicted molar refractivity (Wildman–Crippen MR) is 120 cm³/mol. The molecule has 1 aromatic carbocycles. The quantitative estimate of drug-likeness (QED) is 0.610. The van der Waals surface area contributed by atoms with E-state index in [4.69, 9.17) is 5.73 Å². The number of H-pyrrole nitrogens is 1. The number of benzene rings is 1. The molecule has 0 aliphatic rings. The van der Waals surface area contributed by atoms with E-state index in [1.165, 1.54) is 21.2 Å². The smallest absolute Gasteiger partial charge is 0.330 e. The van der Waals surface area contributed by atoms with Gasteiger partial charge in [-0.2, -0.15) is 0 Å². The van der Waals surface area contributed by atoms with Crippen molar-refractivity contribution in [2.75, 3.05) is 22.9 Å². The van der Waals surface area contributed by atoms with Crippen LogP contribution in [0, 0.1) is 13.8 Å². The van der Waals surface area contributed by atoms with E-state index in [1.54, 1.807) is 0 Å². The van der Waals surface area contributed by atoms with Gasteiger partial charge in [0.2, 0.25) is 5.91 Å². The van der Waals surface area contributed by atoms with Gasteiger partial charge in [-0.3, -0.25) is 19.1 Å². The van der Waals surface area contributed by atoms with Crippen LogP contribution in [0.15, 0.2) is 32.7 Å². The van der Waals surface area contributed by atoms with Gasteiger partial charge >= 0.3 is 5.69 Å². The van der Waals surface area contributed by atoms with Crippen molar-refractivity contribution >= 4 is 29.2 Å². The Morgan fingerprint density at radius 3 is 2.59 bits per heavy atom. The molecule has 8 heteroatoms. The molecular weight excluding hydrogens is 388 g/mol. The third kappa shape index (κ3) is 5.53. The van der Waals surface area contributed by atoms with Gasteiger partial charge in [0.05, 0.1) is 5.75 Å². The highest BCUT2D eigenvalue weighted by Crippen LogP contribution is 2.25. The first-order valence-electron chi connectivity index (χ1n) is 9.93. The van der Waals surface area contributed by atoms with Crippen LogP contribution in [0.4, 0.5) is 11.5 Å². The summed E-state index contributed by atoms with van der Waals surface area (Å²) in [6.07, 6.45) is 2.27. The molecule has 0 aliphatic carbocycles. The molecule has 1 heterocycles. The number of amides is 1. The Bertz CT molecular complexity index is 981. The number of hydrogen-bond donors (Lipinski definition) is 2. The lowest BCUT2D eigenvalue weighted by atomic mass is 10.2. The summed E-state index contributed by atoms with van der Waals surface area (Å²) >= 11 is 1.44. The van der Waals surface area contributed by atoms with Crippen molar-refractivity contribution in [2.24, 2.45) is 0 Å². The fourth-order valence-corrected chi connectivity index (χ4v) is 4.04. The molecule has 0 radical (unpaired) electrons. The topological polar surface area (TPSA) is 101 Å². The van der Waals surface area contributed by atoms with Gasteiger partial charge < -0.3 is 10.6 Å². The Balaban J connectivity index is 2.37. The number of aromatic amines is 1. The molecule has 1 amide bonds. The highest BCUT2D eigenvalue weighted by molar-refractivity contribution is 8.00. The van der Waals surface area contributed by atoms with Crippen LogP contribution in [0.3, 0.4) is 0 Å². The molecule has 0 unspecified atom stereocenters. The average molecular weight is 419 g/mol. The average Bonchev–Trinajstić information content (AvgIpc) is 2.68. The number of aryl methyl sites for hydroxylation is 2. The zero-order valence-electron chi connectivity index (χ0n) is 17.6. The highest BCUT2D eigenvalue weighted by Gasteiger charge is 2.24. The van der Waals surface area contributed by atoms with Gasteiger partial charge in [0.15, 0.2) is 5.69 Å². The van der Waals surface area contributed by atoms with Gasteiger partial charge in [-0.1, -0.05) is 38.0 Å². The van der Waals surface area contributed by atoms with Crippen LogP contribution in [0.5, 0.6) is 0 Å². The number of thioether (sulfide) groups is 1. The minimum Gasteiger partial charge on any atom is -0.383 e. The van der Waals surface area contributed by atoms with Crippen LogP contribution in [-0.4, -0.2) is 27.8 Å². The molecular formula is C21H30N4O3S. The zero-order chi connectivity index (χ0) is 21.6. The first-order valence-corrected chi connectivity index (χ1v) is 10.9. The number of carbonyl (C=O) groups excluding carboxylic acids is 1. The number of nitrogens with one attached hydrogen (secondary N) is 1. The van der Waals surface area contributed by atoms with E-state index in [-0.39, 0.29) is 23.2 Å². The second kappa shape index (κ2) is 10.3. The molecule has 0 saturated heterocycles. The first-order chi connectivity index (χ1) is 13.8. The van der Waals surface area contributed by atoms with Crippen LogP contribution in [0.1, 0.15) is 44.2 Å². The molecule has 0 saturated carbocycles. The molecule has 0 fully saturated rings. The molecule has 0 bridgehead atoms. The monoisotopic (exact) mass is 418 g/mol. The second-order valence-corrected chi connectivity index (χ2v) is 8.12. The number of rotatable bonds is 9. The number of anilines is 2. The van der Waals surface area contributed by atoms with Crippen LogP contribution in [-0.2, 0) is 11.3 Å². The number of nitrogens with two attached hydrogens (primary N) is 1. The highest BCUT2D eigenvalue weighted by atomic mass is 32.2. The number of nitrogen functional groups attached to an aromatic ring is 1. The van der Waals surface area contributed by atoms with E-state index >= 15 is 0 Å². The zero-order valence-corrected chi connectivity index (χ0v) is 18.4. The molecule has 7 nitrogen and oxygen atoms in total. The van der Waals surface area contributed by atoms with E-state index in [0.29, 0.717) is 19.5 Å². The largest absolute Gasteiger partial charge is 0.383 e. The van der Waals surface area contributed by atoms with Crippen molar-refractivity contribution in [1.29, 1.82) is 0 Å². The van der Waals surface area contributed by atoms with Crippen LogP contribution in [0.2, 0.25) is 0 Å². The summed E-state index contributed by atoms with van der Waals surface area (Å²) < 4.78 is 1.32. The van der Waals surface area contributed by atoms with Gasteiger partial charge in [0.1, 0.15) is 5.82 Å². The number of unbranched alkanes of at least 4 members (excludes halogenated alkanes) is 1. The Morgan fingerprint density at radius 2 is 1.93 bits per heavy atom. The van der Waals surface area contributed by atoms with Crippen molar-refractivity contribution in [2.45, 2.75) is 58.4 Å². The normalized spacial score (nSPS) is 10.9. The maximum Gasteiger partial charge on any atom is 0.330 e. The summed E-state index contributed by atoms with van der Waals surface area (Å²) in [6, 6.07) is 6.11. The van der Waals surface area contributed by atoms with Gasteiger partial charge in [0.25, 0.3) is 5.56 Å². The summed E-state index contributed by atoms with van der Waals surface area (Å²) in [5, 5.41) is 0. The molecule has 3 N–H and O–H groups in total. The Morgan fingerprint density at radius 1 is 1.21 bits per heavy atom. The van der Waals surface area contributed by atoms with Crippen molar-refractivity contribution in [3.63, 3.8) is 0 Å². The molecule has 0 aliphatic heterocycles. The lowest BCUT2D eigenvalue weighted by Gasteiger charge is -2.24. The molecule has 0 spiro atoms. The minimum absolute atomic E-state index is 0.0433. The van der Waals surface area contributed by atoms with E-state index in [2.05, 4.69) is 4.98 Å². The van der Waals surface area contributed by atoms with E-state index in [1.807, 2.05) is 45.9 Å². The maximum atomic E-state index is 13.1. The van der Waals surface area contributed by atoms with Crippen molar-refractivity contribution in [3.8, 4) is 0 Å². The molecule has 1 aromatic heterocycles. The van der Waals surface area contributed by atoms with Gasteiger partial charge in [-0.15, -0.1) is 11.8 Å². The lowest BCUT2D eigenvalue weighted by Crippen LogP contribution is -2.42. The van der Waals surface area contributed by atoms with Crippen molar-refractivity contribution in [1.82, 2.24) is 9.55 Å². The van der Waals surface area contributed by atoms with Gasteiger partial charge in [-0.25, -0.2) is 4.79 Å². The van der Waals surface area contributed by atoms with Crippen molar-refractivity contribution < 1.29 is 4.79 Å². The van der Waals surface area contributed by atoms with Gasteiger partial charge in [-0.05, 0) is 38.3 Å². The number of nitrogens with zero attached hydrogens (tertiary/aromatic N) is 2. The second-order valence-electron chi connectivity index (χ2n) is 7.10. The fourth-order valence-electron chi connectivity index (χ4n) is 3.04. The van der Waals surface area contributed by atoms with Crippen molar-refractivity contribution in [3.05, 3.63) is 50.2 Å². The third-order valence-corrected chi connectivity index (χ3v) is 5.80. The maximum absolute atomic E-state index is 13.1. The standard InChI is InChI=1S/C21H30N4O3S/c1-5-7-11-24(17(26)13-29-16-12-14(3)8-9-15(16)4)18-19(22)25(10-6-2)21(28)23-20(18)27/h8-9,12H,5-7,10-11,13,22H2,1-4H3,(H,23,27,28). The third-order valence-electron chi connectivity index (χ3n) is 4.66. The molecule has 2 rings (SSSR count). The number of hydrogen-bond acceptors (Lipinski definition) is 5.